The van der Waals surface area contributed by atoms with E-state index in [1.165, 1.54) is 7.11 Å². The smallest absolute Gasteiger partial charge is 0.294 e. The van der Waals surface area contributed by atoms with Gasteiger partial charge in [0.2, 0.25) is 0 Å². The van der Waals surface area contributed by atoms with E-state index in [0.29, 0.717) is 23.3 Å². The van der Waals surface area contributed by atoms with Crippen LogP contribution in [0.4, 0.5) is 4.79 Å². The van der Waals surface area contributed by atoms with Crippen LogP contribution in [0.2, 0.25) is 0 Å². The molecule has 0 bridgehead atoms. The van der Waals surface area contributed by atoms with Gasteiger partial charge in [0.1, 0.15) is 0 Å². The molecule has 0 aliphatic carbocycles. The quantitative estimate of drug-likeness (QED) is 0.511. The van der Waals surface area contributed by atoms with E-state index in [9.17, 15) is 14.7 Å². The molecule has 1 N–H and O–H groups in total. The average molecular weight is 329 g/mol. The summed E-state index contributed by atoms with van der Waals surface area (Å²) in [6.07, 6.45) is 8.84. The van der Waals surface area contributed by atoms with Crippen molar-refractivity contribution < 1.29 is 19.4 Å². The van der Waals surface area contributed by atoms with Crippen LogP contribution < -0.4 is 4.74 Å². The fraction of sp³-hybridized carbons (Fsp3) is 0.176. The number of rotatable bonds is 5. The molecule has 1 fully saturated rings. The van der Waals surface area contributed by atoms with Crippen LogP contribution in [0, 0.1) is 12.3 Å². The zero-order chi connectivity index (χ0) is 17.0. The largest absolute Gasteiger partial charge is 0.504 e. The van der Waals surface area contributed by atoms with Gasteiger partial charge in [-0.2, -0.15) is 0 Å². The van der Waals surface area contributed by atoms with Crippen molar-refractivity contribution in [3.63, 3.8) is 0 Å². The van der Waals surface area contributed by atoms with Crippen LogP contribution in [0.25, 0.3) is 6.08 Å². The third kappa shape index (κ3) is 3.41. The number of hydrogen-bond acceptors (Lipinski definition) is 5. The van der Waals surface area contributed by atoms with E-state index in [1.807, 2.05) is 0 Å². The summed E-state index contributed by atoms with van der Waals surface area (Å²) in [5, 5.41) is 9.67. The molecule has 1 aromatic rings. The molecular formula is C17H15NO4S. The first-order chi connectivity index (χ1) is 11.0. The second kappa shape index (κ2) is 7.07. The summed E-state index contributed by atoms with van der Waals surface area (Å²) in [6, 6.07) is 3.31. The summed E-state index contributed by atoms with van der Waals surface area (Å²) in [6.45, 7) is 3.59. The lowest BCUT2D eigenvalue weighted by Crippen LogP contribution is -2.28. The van der Waals surface area contributed by atoms with Gasteiger partial charge in [-0.1, -0.05) is 12.0 Å². The van der Waals surface area contributed by atoms with E-state index >= 15 is 0 Å². The Morgan fingerprint density at radius 2 is 2.22 bits per heavy atom. The number of benzene rings is 1. The van der Waals surface area contributed by atoms with Crippen molar-refractivity contribution in [2.45, 2.75) is 6.42 Å². The van der Waals surface area contributed by atoms with Crippen LogP contribution >= 0.6 is 11.8 Å². The van der Waals surface area contributed by atoms with Crippen molar-refractivity contribution in [2.75, 3.05) is 13.7 Å². The zero-order valence-corrected chi connectivity index (χ0v) is 13.4. The second-order valence-electron chi connectivity index (χ2n) is 4.70. The first-order valence-electron chi connectivity index (χ1n) is 6.71. The van der Waals surface area contributed by atoms with E-state index in [-0.39, 0.29) is 17.2 Å². The molecule has 6 heteroatoms. The number of methoxy groups -OCH3 is 1. The zero-order valence-electron chi connectivity index (χ0n) is 12.5. The number of phenolic OH excluding ortho intramolecular Hbond substituents is 1. The minimum absolute atomic E-state index is 0.0324. The molecule has 1 aliphatic heterocycles. The van der Waals surface area contributed by atoms with Crippen LogP contribution in [-0.4, -0.2) is 34.8 Å². The monoisotopic (exact) mass is 329 g/mol. The first-order valence-corrected chi connectivity index (χ1v) is 7.53. The Morgan fingerprint density at radius 1 is 1.48 bits per heavy atom. The molecule has 0 spiro atoms. The molecule has 0 radical (unpaired) electrons. The van der Waals surface area contributed by atoms with Crippen molar-refractivity contribution in [3.8, 4) is 23.8 Å². The van der Waals surface area contributed by atoms with Crippen molar-refractivity contribution >= 4 is 29.0 Å². The number of phenols is 1. The Labute approximate surface area is 138 Å². The summed E-state index contributed by atoms with van der Waals surface area (Å²) in [5.41, 5.74) is 1.26. The van der Waals surface area contributed by atoms with E-state index < -0.39 is 11.1 Å². The molecule has 118 valence electrons. The number of thioether (sulfide) groups is 1. The topological polar surface area (TPSA) is 66.8 Å². The number of allylic oxidation sites excluding steroid dienone is 1. The molecule has 1 saturated heterocycles. The number of imide groups is 1. The first kappa shape index (κ1) is 16.7. The van der Waals surface area contributed by atoms with Gasteiger partial charge in [-0.15, -0.1) is 13.0 Å². The van der Waals surface area contributed by atoms with Gasteiger partial charge < -0.3 is 9.84 Å². The Morgan fingerprint density at radius 3 is 2.83 bits per heavy atom. The summed E-state index contributed by atoms with van der Waals surface area (Å²) in [7, 11) is 1.44. The summed E-state index contributed by atoms with van der Waals surface area (Å²) < 4.78 is 5.14. The van der Waals surface area contributed by atoms with Gasteiger partial charge >= 0.3 is 0 Å². The molecule has 2 amide bonds. The third-order valence-corrected chi connectivity index (χ3v) is 4.09. The van der Waals surface area contributed by atoms with Crippen molar-refractivity contribution in [3.05, 3.63) is 40.8 Å². The molecule has 1 aliphatic rings. The highest BCUT2D eigenvalue weighted by atomic mass is 32.2. The lowest BCUT2D eigenvalue weighted by molar-refractivity contribution is -0.122. The highest BCUT2D eigenvalue weighted by Crippen LogP contribution is 2.36. The molecule has 0 unspecified atom stereocenters. The maximum Gasteiger partial charge on any atom is 0.294 e. The lowest BCUT2D eigenvalue weighted by Gasteiger charge is -2.10. The Balaban J connectivity index is 2.41. The van der Waals surface area contributed by atoms with Gasteiger partial charge in [-0.25, -0.2) is 0 Å². The lowest BCUT2D eigenvalue weighted by atomic mass is 10.1. The van der Waals surface area contributed by atoms with Crippen molar-refractivity contribution in [1.29, 1.82) is 0 Å². The van der Waals surface area contributed by atoms with E-state index in [0.717, 1.165) is 16.7 Å². The summed E-state index contributed by atoms with van der Waals surface area (Å²) in [4.78, 5) is 25.2. The predicted molar refractivity (Wildman–Crippen MR) is 90.1 cm³/mol. The minimum atomic E-state index is -0.421. The fourth-order valence-electron chi connectivity index (χ4n) is 2.12. The summed E-state index contributed by atoms with van der Waals surface area (Å²) in [5.74, 6) is 2.19. The number of carbonyl (C=O) groups excluding carboxylic acids is 2. The van der Waals surface area contributed by atoms with Gasteiger partial charge in [-0.05, 0) is 42.0 Å². The number of terminal acetylenes is 1. The Bertz CT molecular complexity index is 746. The van der Waals surface area contributed by atoms with E-state index in [1.54, 1.807) is 24.3 Å². The number of carbonyl (C=O) groups is 2. The Hall–Kier alpha value is -2.65. The SMILES string of the molecule is C#CCN1C(=O)SC(=Cc2cc(CC=C)c(O)c(OC)c2)C1=O. The van der Waals surface area contributed by atoms with Crippen molar-refractivity contribution in [1.82, 2.24) is 4.90 Å². The molecule has 1 aromatic carbocycles. The van der Waals surface area contributed by atoms with Crippen LogP contribution in [0.5, 0.6) is 11.5 Å². The standard InChI is InChI=1S/C17H15NO4S/c1-4-6-12-8-11(9-13(22-3)15(12)19)10-14-16(20)18(7-5-2)17(21)23-14/h2,4,8-10,19H,1,6-7H2,3H3. The highest BCUT2D eigenvalue weighted by Gasteiger charge is 2.34. The van der Waals surface area contributed by atoms with E-state index in [2.05, 4.69) is 12.5 Å². The fourth-order valence-corrected chi connectivity index (χ4v) is 2.96. The molecule has 0 atom stereocenters. The minimum Gasteiger partial charge on any atom is -0.504 e. The van der Waals surface area contributed by atoms with Crippen LogP contribution in [-0.2, 0) is 11.2 Å². The van der Waals surface area contributed by atoms with Gasteiger partial charge in [0.25, 0.3) is 11.1 Å². The van der Waals surface area contributed by atoms with E-state index in [4.69, 9.17) is 11.2 Å². The van der Waals surface area contributed by atoms with Crippen LogP contribution in [0.15, 0.2) is 29.7 Å². The van der Waals surface area contributed by atoms with Crippen molar-refractivity contribution in [2.24, 2.45) is 0 Å². The number of amides is 2. The molecule has 1 heterocycles. The van der Waals surface area contributed by atoms with Crippen LogP contribution in [0.3, 0.4) is 0 Å². The molecule has 5 nitrogen and oxygen atoms in total. The number of hydrogen-bond donors (Lipinski definition) is 1. The summed E-state index contributed by atoms with van der Waals surface area (Å²) >= 11 is 0.833. The molecule has 2 rings (SSSR count). The maximum atomic E-state index is 12.2. The molecule has 23 heavy (non-hydrogen) atoms. The average Bonchev–Trinajstić information content (AvgIpc) is 2.78. The molecule has 0 saturated carbocycles. The predicted octanol–water partition coefficient (Wildman–Crippen LogP) is 2.80. The van der Waals surface area contributed by atoms with Gasteiger partial charge in [-0.3, -0.25) is 14.5 Å². The molecule has 0 aromatic heterocycles. The van der Waals surface area contributed by atoms with Crippen LogP contribution in [0.1, 0.15) is 11.1 Å². The van der Waals surface area contributed by atoms with Gasteiger partial charge in [0.05, 0.1) is 18.6 Å². The number of aromatic hydroxyl groups is 1. The third-order valence-electron chi connectivity index (χ3n) is 3.18. The highest BCUT2D eigenvalue weighted by molar-refractivity contribution is 8.18. The van der Waals surface area contributed by atoms with Gasteiger partial charge in [0, 0.05) is 5.56 Å². The number of nitrogens with zero attached hydrogens (tertiary/aromatic N) is 1. The molecular weight excluding hydrogens is 314 g/mol. The Kier molecular flexibility index (Phi) is 5.14. The van der Waals surface area contributed by atoms with Gasteiger partial charge in [0.15, 0.2) is 11.5 Å². The maximum absolute atomic E-state index is 12.2. The normalized spacial score (nSPS) is 15.8. The second-order valence-corrected chi connectivity index (χ2v) is 5.69. The number of ether oxygens (including phenoxy) is 1.